The molecule has 6 heteroatoms. The molecule has 0 amide bonds. The lowest BCUT2D eigenvalue weighted by molar-refractivity contribution is 0.0988. The molecule has 0 radical (unpaired) electrons. The van der Waals surface area contributed by atoms with Gasteiger partial charge in [0.1, 0.15) is 0 Å². The fourth-order valence-electron chi connectivity index (χ4n) is 1.56. The third-order valence-corrected chi connectivity index (χ3v) is 2.88. The fraction of sp³-hybridized carbons (Fsp3) is 0.0769. The Morgan fingerprint density at radius 2 is 1.89 bits per heavy atom. The van der Waals surface area contributed by atoms with Crippen molar-refractivity contribution in [1.82, 2.24) is 4.98 Å². The van der Waals surface area contributed by atoms with Crippen LogP contribution in [0, 0.1) is 17.5 Å². The smallest absolute Gasteiger partial charge is 0.195 e. The summed E-state index contributed by atoms with van der Waals surface area (Å²) in [5, 5.41) is 0.249. The average Bonchev–Trinajstić information content (AvgIpc) is 2.39. The zero-order valence-corrected chi connectivity index (χ0v) is 10.2. The van der Waals surface area contributed by atoms with E-state index in [1.54, 1.807) is 0 Å². The third kappa shape index (κ3) is 2.76. The lowest BCUT2D eigenvalue weighted by Gasteiger charge is -2.05. The van der Waals surface area contributed by atoms with Gasteiger partial charge in [0.05, 0.1) is 10.6 Å². The Bertz CT molecular complexity index is 646. The molecular weight excluding hydrogens is 279 g/mol. The standard InChI is InChI=1S/C13H7ClF3NO/c14-9-6-18-4-3-7(9)5-11(19)8-1-2-10(15)13(17)12(8)16/h1-4,6H,5H2. The average molecular weight is 286 g/mol. The summed E-state index contributed by atoms with van der Waals surface area (Å²) in [4.78, 5) is 15.6. The van der Waals surface area contributed by atoms with Crippen LogP contribution in [0.2, 0.25) is 5.02 Å². The van der Waals surface area contributed by atoms with Crippen LogP contribution in [0.1, 0.15) is 15.9 Å². The predicted molar refractivity (Wildman–Crippen MR) is 63.6 cm³/mol. The number of benzene rings is 1. The van der Waals surface area contributed by atoms with Crippen LogP contribution < -0.4 is 0 Å². The van der Waals surface area contributed by atoms with E-state index in [1.807, 2.05) is 0 Å². The van der Waals surface area contributed by atoms with E-state index in [0.717, 1.165) is 6.07 Å². The van der Waals surface area contributed by atoms with E-state index >= 15 is 0 Å². The molecule has 0 atom stereocenters. The molecule has 2 rings (SSSR count). The van der Waals surface area contributed by atoms with Gasteiger partial charge in [-0.15, -0.1) is 0 Å². The first-order valence-corrected chi connectivity index (χ1v) is 5.63. The van der Waals surface area contributed by atoms with Crippen LogP contribution in [-0.2, 0) is 6.42 Å². The Kier molecular flexibility index (Phi) is 3.85. The lowest BCUT2D eigenvalue weighted by Crippen LogP contribution is -2.09. The van der Waals surface area contributed by atoms with Crippen molar-refractivity contribution in [3.05, 3.63) is 64.2 Å². The molecule has 19 heavy (non-hydrogen) atoms. The largest absolute Gasteiger partial charge is 0.294 e. The number of aromatic nitrogens is 1. The Morgan fingerprint density at radius 1 is 1.16 bits per heavy atom. The van der Waals surface area contributed by atoms with E-state index in [-0.39, 0.29) is 11.4 Å². The number of carbonyl (C=O) groups is 1. The number of pyridine rings is 1. The van der Waals surface area contributed by atoms with Crippen molar-refractivity contribution in [1.29, 1.82) is 0 Å². The molecule has 0 unspecified atom stereocenters. The molecule has 0 saturated heterocycles. The molecule has 0 aliphatic carbocycles. The maximum atomic E-state index is 13.4. The Hall–Kier alpha value is -1.88. The van der Waals surface area contributed by atoms with Crippen molar-refractivity contribution < 1.29 is 18.0 Å². The second kappa shape index (κ2) is 5.40. The van der Waals surface area contributed by atoms with Gasteiger partial charge >= 0.3 is 0 Å². The summed E-state index contributed by atoms with van der Waals surface area (Å²) in [6.45, 7) is 0. The molecule has 2 aromatic rings. The Balaban J connectivity index is 2.31. The van der Waals surface area contributed by atoms with Crippen LogP contribution in [-0.4, -0.2) is 10.8 Å². The van der Waals surface area contributed by atoms with Gasteiger partial charge in [0.15, 0.2) is 23.2 Å². The van der Waals surface area contributed by atoms with Gasteiger partial charge in [-0.1, -0.05) is 11.6 Å². The number of ketones is 1. The van der Waals surface area contributed by atoms with E-state index in [4.69, 9.17) is 11.6 Å². The summed E-state index contributed by atoms with van der Waals surface area (Å²) in [5.41, 5.74) is -0.0717. The van der Waals surface area contributed by atoms with E-state index in [2.05, 4.69) is 4.98 Å². The number of nitrogens with zero attached hydrogens (tertiary/aromatic N) is 1. The first-order chi connectivity index (χ1) is 9.00. The van der Waals surface area contributed by atoms with Crippen LogP contribution in [0.3, 0.4) is 0 Å². The number of Topliss-reactive ketones (excluding diaryl/α,β-unsaturated/α-hetero) is 1. The molecule has 0 N–H and O–H groups in total. The van der Waals surface area contributed by atoms with Crippen molar-refractivity contribution >= 4 is 17.4 Å². The normalized spacial score (nSPS) is 10.5. The zero-order chi connectivity index (χ0) is 14.0. The second-order valence-corrected chi connectivity index (χ2v) is 4.20. The SMILES string of the molecule is O=C(Cc1ccncc1Cl)c1ccc(F)c(F)c1F. The molecule has 98 valence electrons. The third-order valence-electron chi connectivity index (χ3n) is 2.54. The van der Waals surface area contributed by atoms with Crippen LogP contribution in [0.5, 0.6) is 0 Å². The molecule has 1 heterocycles. The van der Waals surface area contributed by atoms with Gasteiger partial charge in [-0.25, -0.2) is 13.2 Å². The van der Waals surface area contributed by atoms with Crippen LogP contribution in [0.15, 0.2) is 30.6 Å². The highest BCUT2D eigenvalue weighted by atomic mass is 35.5. The summed E-state index contributed by atoms with van der Waals surface area (Å²) in [6.07, 6.45) is 2.55. The summed E-state index contributed by atoms with van der Waals surface area (Å²) < 4.78 is 39.2. The summed E-state index contributed by atoms with van der Waals surface area (Å²) in [6, 6.07) is 3.11. The number of hydrogen-bond acceptors (Lipinski definition) is 2. The molecule has 0 spiro atoms. The van der Waals surface area contributed by atoms with Crippen molar-refractivity contribution in [3.8, 4) is 0 Å². The molecule has 1 aromatic heterocycles. The Labute approximate surface area is 111 Å². The summed E-state index contributed by atoms with van der Waals surface area (Å²) in [5.74, 6) is -5.18. The predicted octanol–water partition coefficient (Wildman–Crippen LogP) is 3.58. The maximum absolute atomic E-state index is 13.4. The van der Waals surface area contributed by atoms with E-state index in [0.29, 0.717) is 11.6 Å². The number of carbonyl (C=O) groups excluding carboxylic acids is 1. The maximum Gasteiger partial charge on any atom is 0.195 e. The highest BCUT2D eigenvalue weighted by molar-refractivity contribution is 6.31. The highest BCUT2D eigenvalue weighted by Gasteiger charge is 2.19. The number of hydrogen-bond donors (Lipinski definition) is 0. The minimum Gasteiger partial charge on any atom is -0.294 e. The second-order valence-electron chi connectivity index (χ2n) is 3.79. The van der Waals surface area contributed by atoms with Crippen molar-refractivity contribution in [2.75, 3.05) is 0 Å². The first kappa shape index (κ1) is 13.5. The molecule has 0 bridgehead atoms. The van der Waals surface area contributed by atoms with E-state index in [9.17, 15) is 18.0 Å². The molecule has 0 saturated carbocycles. The minimum atomic E-state index is -1.66. The van der Waals surface area contributed by atoms with Crippen molar-refractivity contribution in [2.24, 2.45) is 0 Å². The Morgan fingerprint density at radius 3 is 2.58 bits per heavy atom. The van der Waals surface area contributed by atoms with E-state index < -0.39 is 28.8 Å². The van der Waals surface area contributed by atoms with Gasteiger partial charge < -0.3 is 0 Å². The summed E-state index contributed by atoms with van der Waals surface area (Å²) >= 11 is 5.81. The van der Waals surface area contributed by atoms with Crippen LogP contribution >= 0.6 is 11.6 Å². The topological polar surface area (TPSA) is 30.0 Å². The monoisotopic (exact) mass is 285 g/mol. The van der Waals surface area contributed by atoms with Crippen molar-refractivity contribution in [2.45, 2.75) is 6.42 Å². The van der Waals surface area contributed by atoms with Crippen LogP contribution in [0.25, 0.3) is 0 Å². The lowest BCUT2D eigenvalue weighted by atomic mass is 10.0. The van der Waals surface area contributed by atoms with Crippen molar-refractivity contribution in [3.63, 3.8) is 0 Å². The molecular formula is C13H7ClF3NO. The molecule has 0 aliphatic rings. The summed E-state index contributed by atoms with van der Waals surface area (Å²) in [7, 11) is 0. The van der Waals surface area contributed by atoms with Gasteiger partial charge in [0.2, 0.25) is 0 Å². The number of rotatable bonds is 3. The minimum absolute atomic E-state index is 0.219. The molecule has 1 aromatic carbocycles. The van der Waals surface area contributed by atoms with Gasteiger partial charge in [-0.3, -0.25) is 9.78 Å². The first-order valence-electron chi connectivity index (χ1n) is 5.25. The van der Waals surface area contributed by atoms with Gasteiger partial charge in [-0.05, 0) is 23.8 Å². The quantitative estimate of drug-likeness (QED) is 0.637. The van der Waals surface area contributed by atoms with Gasteiger partial charge in [0.25, 0.3) is 0 Å². The molecule has 0 aliphatic heterocycles. The fourth-order valence-corrected chi connectivity index (χ4v) is 1.74. The number of halogens is 4. The molecule has 0 fully saturated rings. The molecule has 2 nitrogen and oxygen atoms in total. The zero-order valence-electron chi connectivity index (χ0n) is 9.46. The van der Waals surface area contributed by atoms with Gasteiger partial charge in [0, 0.05) is 18.8 Å². The van der Waals surface area contributed by atoms with Crippen LogP contribution in [0.4, 0.5) is 13.2 Å². The highest BCUT2D eigenvalue weighted by Crippen LogP contribution is 2.20. The van der Waals surface area contributed by atoms with Gasteiger partial charge in [-0.2, -0.15) is 0 Å². The van der Waals surface area contributed by atoms with E-state index in [1.165, 1.54) is 18.5 Å².